The predicted molar refractivity (Wildman–Crippen MR) is 112 cm³/mol. The Labute approximate surface area is 173 Å². The number of nitrogens with zero attached hydrogens (tertiary/aromatic N) is 1. The summed E-state index contributed by atoms with van der Waals surface area (Å²) in [7, 11) is 0. The van der Waals surface area contributed by atoms with Crippen molar-refractivity contribution in [3.63, 3.8) is 0 Å². The SMILES string of the molecule is O=C(Cc1ccc(Br)cc1)NCC(=O)Nc1nc(-c2ccc(Cl)cc2)cs1. The third-order valence-electron chi connectivity index (χ3n) is 3.61. The van der Waals surface area contributed by atoms with Gasteiger partial charge in [0.2, 0.25) is 11.8 Å². The summed E-state index contributed by atoms with van der Waals surface area (Å²) in [5.74, 6) is -0.537. The average Bonchev–Trinajstić information content (AvgIpc) is 3.11. The van der Waals surface area contributed by atoms with Gasteiger partial charge in [0.25, 0.3) is 0 Å². The van der Waals surface area contributed by atoms with Crippen LogP contribution in [-0.4, -0.2) is 23.3 Å². The number of rotatable bonds is 6. The summed E-state index contributed by atoms with van der Waals surface area (Å²) >= 11 is 10.6. The van der Waals surface area contributed by atoms with Crippen molar-refractivity contribution in [3.8, 4) is 11.3 Å². The van der Waals surface area contributed by atoms with Crippen LogP contribution >= 0.6 is 38.9 Å². The van der Waals surface area contributed by atoms with Gasteiger partial charge in [0.15, 0.2) is 5.13 Å². The lowest BCUT2D eigenvalue weighted by molar-refractivity contribution is -0.123. The highest BCUT2D eigenvalue weighted by Crippen LogP contribution is 2.25. The van der Waals surface area contributed by atoms with E-state index in [1.807, 2.05) is 41.8 Å². The van der Waals surface area contributed by atoms with Crippen LogP contribution < -0.4 is 10.6 Å². The molecule has 8 heteroatoms. The Kier molecular flexibility index (Phi) is 6.60. The monoisotopic (exact) mass is 463 g/mol. The number of hydrogen-bond acceptors (Lipinski definition) is 4. The van der Waals surface area contributed by atoms with Gasteiger partial charge in [-0.1, -0.05) is 51.8 Å². The molecule has 0 spiro atoms. The molecule has 2 N–H and O–H groups in total. The van der Waals surface area contributed by atoms with Crippen molar-refractivity contribution in [3.05, 3.63) is 69.0 Å². The van der Waals surface area contributed by atoms with Gasteiger partial charge in [-0.05, 0) is 29.8 Å². The average molecular weight is 465 g/mol. The molecule has 5 nitrogen and oxygen atoms in total. The van der Waals surface area contributed by atoms with Crippen LogP contribution in [0.1, 0.15) is 5.56 Å². The highest BCUT2D eigenvalue weighted by molar-refractivity contribution is 9.10. The van der Waals surface area contributed by atoms with Gasteiger partial charge in [-0.25, -0.2) is 4.98 Å². The van der Waals surface area contributed by atoms with Gasteiger partial charge < -0.3 is 10.6 Å². The van der Waals surface area contributed by atoms with E-state index in [2.05, 4.69) is 31.5 Å². The first-order valence-electron chi connectivity index (χ1n) is 8.02. The van der Waals surface area contributed by atoms with Crippen LogP contribution in [0.25, 0.3) is 11.3 Å². The van der Waals surface area contributed by atoms with Crippen LogP contribution in [0.3, 0.4) is 0 Å². The summed E-state index contributed by atoms with van der Waals surface area (Å²) in [5.41, 5.74) is 2.55. The number of carbonyl (C=O) groups excluding carboxylic acids is 2. The Hall–Kier alpha value is -2.22. The number of anilines is 1. The summed E-state index contributed by atoms with van der Waals surface area (Å²) < 4.78 is 0.951. The molecule has 3 rings (SSSR count). The lowest BCUT2D eigenvalue weighted by atomic mass is 10.1. The summed E-state index contributed by atoms with van der Waals surface area (Å²) in [6.07, 6.45) is 0.221. The van der Waals surface area contributed by atoms with Gasteiger partial charge in [-0.3, -0.25) is 9.59 Å². The molecule has 0 atom stereocenters. The van der Waals surface area contributed by atoms with Gasteiger partial charge in [-0.2, -0.15) is 0 Å². The molecule has 0 radical (unpaired) electrons. The topological polar surface area (TPSA) is 71.1 Å². The van der Waals surface area contributed by atoms with Crippen LogP contribution in [0.5, 0.6) is 0 Å². The fourth-order valence-electron chi connectivity index (χ4n) is 2.28. The van der Waals surface area contributed by atoms with Gasteiger partial charge in [0, 0.05) is 20.4 Å². The molecule has 27 heavy (non-hydrogen) atoms. The zero-order valence-electron chi connectivity index (χ0n) is 14.0. The second kappa shape index (κ2) is 9.12. The first-order valence-corrected chi connectivity index (χ1v) is 10.1. The molecular formula is C19H15BrClN3O2S. The molecule has 0 aliphatic rings. The molecule has 3 aromatic rings. The van der Waals surface area contributed by atoms with Gasteiger partial charge >= 0.3 is 0 Å². The number of nitrogens with one attached hydrogen (secondary N) is 2. The van der Waals surface area contributed by atoms with Crippen molar-refractivity contribution in [2.24, 2.45) is 0 Å². The van der Waals surface area contributed by atoms with E-state index in [1.54, 1.807) is 12.1 Å². The van der Waals surface area contributed by atoms with Crippen LogP contribution in [0.15, 0.2) is 58.4 Å². The molecule has 0 saturated carbocycles. The molecule has 0 aliphatic carbocycles. The van der Waals surface area contributed by atoms with Crippen molar-refractivity contribution in [1.29, 1.82) is 0 Å². The number of benzene rings is 2. The molecule has 138 valence electrons. The Morgan fingerprint density at radius 3 is 2.44 bits per heavy atom. The molecule has 2 aromatic carbocycles. The van der Waals surface area contributed by atoms with E-state index in [4.69, 9.17) is 11.6 Å². The van der Waals surface area contributed by atoms with Crippen LogP contribution in [-0.2, 0) is 16.0 Å². The minimum absolute atomic E-state index is 0.106. The zero-order valence-corrected chi connectivity index (χ0v) is 17.2. The Morgan fingerprint density at radius 1 is 1.04 bits per heavy atom. The Bertz CT molecular complexity index is 942. The lowest BCUT2D eigenvalue weighted by Crippen LogP contribution is -2.33. The highest BCUT2D eigenvalue weighted by atomic mass is 79.9. The number of hydrogen-bond donors (Lipinski definition) is 2. The molecule has 1 heterocycles. The van der Waals surface area contributed by atoms with E-state index >= 15 is 0 Å². The quantitative estimate of drug-likeness (QED) is 0.563. The van der Waals surface area contributed by atoms with E-state index in [0.29, 0.717) is 10.2 Å². The molecule has 0 saturated heterocycles. The summed E-state index contributed by atoms with van der Waals surface area (Å²) in [4.78, 5) is 28.3. The van der Waals surface area contributed by atoms with Crippen LogP contribution in [0.2, 0.25) is 5.02 Å². The van der Waals surface area contributed by atoms with E-state index in [-0.39, 0.29) is 24.8 Å². The normalized spacial score (nSPS) is 10.4. The summed E-state index contributed by atoms with van der Waals surface area (Å²) in [5, 5.41) is 8.29. The van der Waals surface area contributed by atoms with Gasteiger partial charge in [0.05, 0.1) is 18.7 Å². The number of carbonyl (C=O) groups is 2. The van der Waals surface area contributed by atoms with Crippen molar-refractivity contribution in [2.75, 3.05) is 11.9 Å². The first-order chi connectivity index (χ1) is 13.0. The third-order valence-corrected chi connectivity index (χ3v) is 5.15. The maximum absolute atomic E-state index is 12.0. The maximum Gasteiger partial charge on any atom is 0.245 e. The Balaban J connectivity index is 1.48. The highest BCUT2D eigenvalue weighted by Gasteiger charge is 2.10. The van der Waals surface area contributed by atoms with Crippen LogP contribution in [0, 0.1) is 0 Å². The lowest BCUT2D eigenvalue weighted by Gasteiger charge is -2.05. The number of aromatic nitrogens is 1. The van der Waals surface area contributed by atoms with E-state index in [1.165, 1.54) is 11.3 Å². The fraction of sp³-hybridized carbons (Fsp3) is 0.105. The minimum atomic E-state index is -0.323. The second-order valence-electron chi connectivity index (χ2n) is 5.67. The molecule has 0 aliphatic heterocycles. The number of thiazole rings is 1. The molecule has 0 unspecified atom stereocenters. The third kappa shape index (κ3) is 5.89. The Morgan fingerprint density at radius 2 is 1.74 bits per heavy atom. The molecular weight excluding hydrogens is 450 g/mol. The predicted octanol–water partition coefficient (Wildman–Crippen LogP) is 4.52. The minimum Gasteiger partial charge on any atom is -0.347 e. The fourth-order valence-corrected chi connectivity index (χ4v) is 3.40. The smallest absolute Gasteiger partial charge is 0.245 e. The van der Waals surface area contributed by atoms with Crippen molar-refractivity contribution in [1.82, 2.24) is 10.3 Å². The molecule has 1 aromatic heterocycles. The summed E-state index contributed by atoms with van der Waals surface area (Å²) in [6, 6.07) is 14.8. The zero-order chi connectivity index (χ0) is 19.2. The second-order valence-corrected chi connectivity index (χ2v) is 7.88. The molecule has 0 bridgehead atoms. The standard InChI is InChI=1S/C19H15BrClN3O2S/c20-14-5-1-12(2-6-14)9-17(25)22-10-18(26)24-19-23-16(11-27-19)13-3-7-15(21)8-4-13/h1-8,11H,9-10H2,(H,22,25)(H,23,24,26). The summed E-state index contributed by atoms with van der Waals surface area (Å²) in [6.45, 7) is -0.106. The first kappa shape index (κ1) is 19.5. The van der Waals surface area contributed by atoms with Crippen molar-refractivity contribution >= 4 is 55.8 Å². The van der Waals surface area contributed by atoms with Crippen molar-refractivity contribution in [2.45, 2.75) is 6.42 Å². The molecule has 2 amide bonds. The van der Waals surface area contributed by atoms with E-state index in [9.17, 15) is 9.59 Å². The number of halogens is 2. The maximum atomic E-state index is 12.0. The van der Waals surface area contributed by atoms with Gasteiger partial charge in [0.1, 0.15) is 0 Å². The van der Waals surface area contributed by atoms with Gasteiger partial charge in [-0.15, -0.1) is 11.3 Å². The van der Waals surface area contributed by atoms with E-state index < -0.39 is 0 Å². The molecule has 0 fully saturated rings. The van der Waals surface area contributed by atoms with E-state index in [0.717, 1.165) is 21.3 Å². The number of amides is 2. The largest absolute Gasteiger partial charge is 0.347 e. The van der Waals surface area contributed by atoms with Crippen LogP contribution in [0.4, 0.5) is 5.13 Å². The van der Waals surface area contributed by atoms with Crippen molar-refractivity contribution < 1.29 is 9.59 Å².